The van der Waals surface area contributed by atoms with Gasteiger partial charge >= 0.3 is 0 Å². The van der Waals surface area contributed by atoms with Crippen LogP contribution in [0.3, 0.4) is 0 Å². The van der Waals surface area contributed by atoms with Gasteiger partial charge < -0.3 is 5.32 Å². The van der Waals surface area contributed by atoms with Crippen LogP contribution in [-0.4, -0.2) is 40.4 Å². The van der Waals surface area contributed by atoms with Gasteiger partial charge in [0.15, 0.2) is 0 Å². The number of amides is 1. The molecule has 1 aromatic heterocycles. The fourth-order valence-corrected chi connectivity index (χ4v) is 2.83. The molecule has 0 aliphatic carbocycles. The van der Waals surface area contributed by atoms with Crippen LogP contribution in [0, 0.1) is 0 Å². The number of nitrogens with one attached hydrogen (secondary N) is 1. The number of carbonyl (C=O) groups excluding carboxylic acids is 1. The summed E-state index contributed by atoms with van der Waals surface area (Å²) >= 11 is 0. The lowest BCUT2D eigenvalue weighted by molar-refractivity contribution is -0.181. The quantitative estimate of drug-likeness (QED) is 0.846. The van der Waals surface area contributed by atoms with Crippen molar-refractivity contribution in [2.75, 3.05) is 19.7 Å². The van der Waals surface area contributed by atoms with E-state index in [0.717, 1.165) is 31.6 Å². The molecule has 1 atom stereocenters. The first-order chi connectivity index (χ1) is 11.8. The Morgan fingerprint density at radius 1 is 1.25 bits per heavy atom. The van der Waals surface area contributed by atoms with Crippen LogP contribution in [-0.2, 0) is 16.2 Å². The number of hydrogen-bond donors (Lipinski definition) is 1. The molecule has 3 rings (SSSR count). The molecule has 1 amide bonds. The lowest BCUT2D eigenvalue weighted by Gasteiger charge is -2.26. The van der Waals surface area contributed by atoms with Crippen molar-refractivity contribution < 1.29 is 9.63 Å². The molecule has 0 saturated carbocycles. The Balaban J connectivity index is 1.57. The van der Waals surface area contributed by atoms with Gasteiger partial charge in [-0.05, 0) is 24.5 Å². The van der Waals surface area contributed by atoms with E-state index in [1.165, 1.54) is 0 Å². The Morgan fingerprint density at radius 2 is 2.12 bits per heavy atom. The van der Waals surface area contributed by atoms with E-state index in [0.29, 0.717) is 19.5 Å². The molecular formula is C18H24N4O2. The second kappa shape index (κ2) is 8.61. The van der Waals surface area contributed by atoms with Crippen LogP contribution in [0.25, 0.3) is 0 Å². The van der Waals surface area contributed by atoms with Crippen LogP contribution in [0.4, 0.5) is 0 Å². The molecule has 0 spiro atoms. The van der Waals surface area contributed by atoms with Crippen LogP contribution < -0.4 is 5.32 Å². The fourth-order valence-electron chi connectivity index (χ4n) is 2.83. The van der Waals surface area contributed by atoms with Gasteiger partial charge in [0.05, 0.1) is 19.2 Å². The summed E-state index contributed by atoms with van der Waals surface area (Å²) < 4.78 is 1.84. The van der Waals surface area contributed by atoms with Gasteiger partial charge in [-0.25, -0.2) is 0 Å². The van der Waals surface area contributed by atoms with E-state index in [-0.39, 0.29) is 11.9 Å². The summed E-state index contributed by atoms with van der Waals surface area (Å²) in [5, 5.41) is 9.27. The predicted octanol–water partition coefficient (Wildman–Crippen LogP) is 2.16. The van der Waals surface area contributed by atoms with E-state index in [1.807, 2.05) is 52.3 Å². The Kier molecular flexibility index (Phi) is 5.98. The highest BCUT2D eigenvalue weighted by atomic mass is 16.7. The molecule has 6 heteroatoms. The summed E-state index contributed by atoms with van der Waals surface area (Å²) in [4.78, 5) is 17.9. The van der Waals surface area contributed by atoms with Crippen LogP contribution in [0.2, 0.25) is 0 Å². The topological polar surface area (TPSA) is 59.4 Å². The second-order valence-corrected chi connectivity index (χ2v) is 5.98. The molecular weight excluding hydrogens is 304 g/mol. The third-order valence-corrected chi connectivity index (χ3v) is 4.13. The summed E-state index contributed by atoms with van der Waals surface area (Å²) in [7, 11) is 0. The highest BCUT2D eigenvalue weighted by molar-refractivity contribution is 5.76. The zero-order valence-corrected chi connectivity index (χ0v) is 13.8. The minimum absolute atomic E-state index is 0.0326. The van der Waals surface area contributed by atoms with E-state index in [4.69, 9.17) is 4.84 Å². The van der Waals surface area contributed by atoms with Gasteiger partial charge in [-0.3, -0.25) is 14.3 Å². The molecule has 1 saturated heterocycles. The van der Waals surface area contributed by atoms with Gasteiger partial charge in [0.2, 0.25) is 5.91 Å². The van der Waals surface area contributed by atoms with Gasteiger partial charge in [-0.2, -0.15) is 10.2 Å². The van der Waals surface area contributed by atoms with Crippen molar-refractivity contribution in [3.05, 3.63) is 54.4 Å². The first kappa shape index (κ1) is 16.7. The maximum Gasteiger partial charge on any atom is 0.221 e. The van der Waals surface area contributed by atoms with Crippen molar-refractivity contribution >= 4 is 5.91 Å². The monoisotopic (exact) mass is 328 g/mol. The third kappa shape index (κ3) is 4.91. The first-order valence-corrected chi connectivity index (χ1v) is 8.51. The summed E-state index contributed by atoms with van der Waals surface area (Å²) in [6.45, 7) is 2.91. The molecule has 1 aliphatic rings. The summed E-state index contributed by atoms with van der Waals surface area (Å²) in [6, 6.07) is 11.8. The number of benzene rings is 1. The zero-order valence-electron chi connectivity index (χ0n) is 13.8. The van der Waals surface area contributed by atoms with Crippen molar-refractivity contribution in [1.29, 1.82) is 0 Å². The molecule has 2 heterocycles. The lowest BCUT2D eigenvalue weighted by Crippen LogP contribution is -2.36. The van der Waals surface area contributed by atoms with Crippen LogP contribution in [0.15, 0.2) is 48.8 Å². The van der Waals surface area contributed by atoms with Crippen molar-refractivity contribution in [3.63, 3.8) is 0 Å². The molecule has 1 aromatic carbocycles. The van der Waals surface area contributed by atoms with Gasteiger partial charge in [0.1, 0.15) is 0 Å². The van der Waals surface area contributed by atoms with Gasteiger partial charge in [-0.15, -0.1) is 0 Å². The number of hydrogen-bond acceptors (Lipinski definition) is 4. The van der Waals surface area contributed by atoms with E-state index in [1.54, 1.807) is 6.20 Å². The van der Waals surface area contributed by atoms with Crippen molar-refractivity contribution in [2.45, 2.75) is 31.8 Å². The fraction of sp³-hybridized carbons (Fsp3) is 0.444. The SMILES string of the molecule is O=C(CCN1CCCCO1)N[C@@H](Cn1cccn1)c1ccccc1. The highest BCUT2D eigenvalue weighted by Gasteiger charge is 2.17. The molecule has 1 aliphatic heterocycles. The minimum Gasteiger partial charge on any atom is -0.347 e. The zero-order chi connectivity index (χ0) is 16.6. The number of rotatable bonds is 7. The number of aromatic nitrogens is 2. The third-order valence-electron chi connectivity index (χ3n) is 4.13. The normalized spacial score (nSPS) is 16.7. The van der Waals surface area contributed by atoms with Crippen LogP contribution in [0.5, 0.6) is 0 Å². The first-order valence-electron chi connectivity index (χ1n) is 8.51. The number of carbonyl (C=O) groups is 1. The molecule has 2 aromatic rings. The molecule has 0 bridgehead atoms. The van der Waals surface area contributed by atoms with E-state index in [2.05, 4.69) is 10.4 Å². The molecule has 24 heavy (non-hydrogen) atoms. The average Bonchev–Trinajstić information content (AvgIpc) is 3.14. The Bertz CT molecular complexity index is 609. The smallest absolute Gasteiger partial charge is 0.221 e. The van der Waals surface area contributed by atoms with E-state index in [9.17, 15) is 4.79 Å². The van der Waals surface area contributed by atoms with Gasteiger partial charge in [0.25, 0.3) is 0 Å². The summed E-state index contributed by atoms with van der Waals surface area (Å²) in [6.07, 6.45) is 6.32. The number of nitrogens with zero attached hydrogens (tertiary/aromatic N) is 3. The maximum atomic E-state index is 12.4. The van der Waals surface area contributed by atoms with Crippen LogP contribution >= 0.6 is 0 Å². The Hall–Kier alpha value is -2.18. The van der Waals surface area contributed by atoms with Crippen molar-refractivity contribution in [3.8, 4) is 0 Å². The molecule has 0 unspecified atom stereocenters. The summed E-state index contributed by atoms with van der Waals surface area (Å²) in [5.74, 6) is 0.0326. The summed E-state index contributed by atoms with van der Waals surface area (Å²) in [5.41, 5.74) is 1.08. The second-order valence-electron chi connectivity index (χ2n) is 5.98. The van der Waals surface area contributed by atoms with Gasteiger partial charge in [0, 0.05) is 31.9 Å². The van der Waals surface area contributed by atoms with Gasteiger partial charge in [-0.1, -0.05) is 30.3 Å². The molecule has 0 radical (unpaired) electrons. The molecule has 128 valence electrons. The Morgan fingerprint density at radius 3 is 2.83 bits per heavy atom. The lowest BCUT2D eigenvalue weighted by atomic mass is 10.1. The largest absolute Gasteiger partial charge is 0.347 e. The predicted molar refractivity (Wildman–Crippen MR) is 90.9 cm³/mol. The van der Waals surface area contributed by atoms with Crippen molar-refractivity contribution in [2.24, 2.45) is 0 Å². The minimum atomic E-state index is -0.0964. The maximum absolute atomic E-state index is 12.4. The highest BCUT2D eigenvalue weighted by Crippen LogP contribution is 2.15. The van der Waals surface area contributed by atoms with E-state index < -0.39 is 0 Å². The van der Waals surface area contributed by atoms with Crippen molar-refractivity contribution in [1.82, 2.24) is 20.2 Å². The van der Waals surface area contributed by atoms with E-state index >= 15 is 0 Å². The van der Waals surface area contributed by atoms with Crippen LogP contribution in [0.1, 0.15) is 30.9 Å². The Labute approximate surface area is 142 Å². The number of hydroxylamine groups is 2. The average molecular weight is 328 g/mol. The standard InChI is InChI=1S/C18H24N4O2/c23-18(9-13-22-12-4-5-14-24-22)20-17(15-21-11-6-10-19-21)16-7-2-1-3-8-16/h1-3,6-8,10-11,17H,4-5,9,12-15H2,(H,20,23)/t17-/m0/s1. The molecule has 1 fully saturated rings. The molecule has 1 N–H and O–H groups in total. The molecule has 6 nitrogen and oxygen atoms in total.